The third-order valence-electron chi connectivity index (χ3n) is 4.68. The summed E-state index contributed by atoms with van der Waals surface area (Å²) in [6, 6.07) is 9.31. The van der Waals surface area contributed by atoms with Crippen LogP contribution in [0.3, 0.4) is 0 Å². The maximum atomic E-state index is 12.7. The fourth-order valence-corrected chi connectivity index (χ4v) is 3.17. The van der Waals surface area contributed by atoms with Crippen molar-refractivity contribution in [2.24, 2.45) is 5.92 Å². The number of nitrogens with one attached hydrogen (secondary N) is 1. The Kier molecular flexibility index (Phi) is 5.78. The Bertz CT molecular complexity index is 807. The minimum absolute atomic E-state index is 0.0902. The Labute approximate surface area is 159 Å². The molecule has 0 atom stereocenters. The van der Waals surface area contributed by atoms with Crippen molar-refractivity contribution in [2.45, 2.75) is 20.3 Å². The number of H-pyrrole nitrogens is 1. The number of rotatable bonds is 5. The summed E-state index contributed by atoms with van der Waals surface area (Å²) in [6.07, 6.45) is 0.554. The number of aromatic nitrogens is 2. The lowest BCUT2D eigenvalue weighted by Gasteiger charge is -2.34. The van der Waals surface area contributed by atoms with Crippen LogP contribution in [0.1, 0.15) is 30.8 Å². The lowest BCUT2D eigenvalue weighted by atomic mass is 10.1. The first-order valence-electron chi connectivity index (χ1n) is 9.25. The van der Waals surface area contributed by atoms with Crippen LogP contribution in [0.5, 0.6) is 5.75 Å². The van der Waals surface area contributed by atoms with Gasteiger partial charge in [0, 0.05) is 38.2 Å². The molecule has 1 aromatic carbocycles. The second-order valence-electron chi connectivity index (χ2n) is 7.17. The summed E-state index contributed by atoms with van der Waals surface area (Å²) < 4.78 is 5.23. The zero-order chi connectivity index (χ0) is 19.4. The molecular weight excluding hydrogens is 344 g/mol. The number of methoxy groups -OCH3 is 1. The van der Waals surface area contributed by atoms with E-state index in [2.05, 4.69) is 10.2 Å². The highest BCUT2D eigenvalue weighted by molar-refractivity contribution is 5.93. The molecule has 1 aliphatic rings. The molecule has 27 heavy (non-hydrogen) atoms. The van der Waals surface area contributed by atoms with Gasteiger partial charge in [-0.05, 0) is 24.1 Å². The van der Waals surface area contributed by atoms with Crippen molar-refractivity contribution in [3.63, 3.8) is 0 Å². The van der Waals surface area contributed by atoms with Crippen molar-refractivity contribution >= 4 is 11.8 Å². The molecular formula is C20H26N4O3. The Morgan fingerprint density at radius 3 is 2.52 bits per heavy atom. The first-order chi connectivity index (χ1) is 13.0. The fraction of sp³-hybridized carbons (Fsp3) is 0.450. The summed E-state index contributed by atoms with van der Waals surface area (Å²) >= 11 is 0. The summed E-state index contributed by atoms with van der Waals surface area (Å²) in [5.41, 5.74) is 2.03. The van der Waals surface area contributed by atoms with Crippen molar-refractivity contribution in [1.82, 2.24) is 20.0 Å². The van der Waals surface area contributed by atoms with E-state index in [0.717, 1.165) is 11.3 Å². The van der Waals surface area contributed by atoms with Crippen LogP contribution in [0.2, 0.25) is 0 Å². The number of hydrogen-bond donors (Lipinski definition) is 1. The molecule has 2 aromatic rings. The van der Waals surface area contributed by atoms with Gasteiger partial charge in [0.1, 0.15) is 11.4 Å². The van der Waals surface area contributed by atoms with Crippen LogP contribution in [0.15, 0.2) is 30.3 Å². The second-order valence-corrected chi connectivity index (χ2v) is 7.17. The molecule has 0 radical (unpaired) electrons. The van der Waals surface area contributed by atoms with Gasteiger partial charge in [0.05, 0.1) is 12.8 Å². The number of amides is 2. The van der Waals surface area contributed by atoms with Gasteiger partial charge in [0.25, 0.3) is 5.91 Å². The van der Waals surface area contributed by atoms with Crippen LogP contribution >= 0.6 is 0 Å². The first-order valence-corrected chi connectivity index (χ1v) is 9.25. The van der Waals surface area contributed by atoms with Crippen LogP contribution < -0.4 is 4.74 Å². The number of hydrogen-bond acceptors (Lipinski definition) is 4. The number of piperazine rings is 1. The first kappa shape index (κ1) is 18.9. The maximum absolute atomic E-state index is 12.7. The molecule has 1 fully saturated rings. The third kappa shape index (κ3) is 4.48. The molecule has 144 valence electrons. The molecule has 1 aliphatic heterocycles. The van der Waals surface area contributed by atoms with E-state index in [4.69, 9.17) is 4.74 Å². The monoisotopic (exact) mass is 370 g/mol. The molecule has 0 spiro atoms. The van der Waals surface area contributed by atoms with Crippen molar-refractivity contribution in [3.05, 3.63) is 36.0 Å². The van der Waals surface area contributed by atoms with Crippen LogP contribution in [0.25, 0.3) is 11.3 Å². The summed E-state index contributed by atoms with van der Waals surface area (Å²) in [4.78, 5) is 28.5. The molecule has 0 saturated carbocycles. The average Bonchev–Trinajstić information content (AvgIpc) is 3.17. The largest absolute Gasteiger partial charge is 0.497 e. The van der Waals surface area contributed by atoms with Gasteiger partial charge in [-0.2, -0.15) is 5.10 Å². The minimum atomic E-state index is -0.0902. The van der Waals surface area contributed by atoms with Gasteiger partial charge in [-0.3, -0.25) is 14.7 Å². The van der Waals surface area contributed by atoms with Crippen LogP contribution in [0, 0.1) is 5.92 Å². The van der Waals surface area contributed by atoms with E-state index >= 15 is 0 Å². The van der Waals surface area contributed by atoms with Gasteiger partial charge < -0.3 is 14.5 Å². The zero-order valence-electron chi connectivity index (χ0n) is 16.1. The van der Waals surface area contributed by atoms with Crippen molar-refractivity contribution in [2.75, 3.05) is 33.3 Å². The highest BCUT2D eigenvalue weighted by Gasteiger charge is 2.26. The molecule has 3 rings (SSSR count). The summed E-state index contributed by atoms with van der Waals surface area (Å²) in [7, 11) is 1.62. The molecule has 1 N–H and O–H groups in total. The van der Waals surface area contributed by atoms with E-state index < -0.39 is 0 Å². The van der Waals surface area contributed by atoms with E-state index in [1.807, 2.05) is 43.0 Å². The maximum Gasteiger partial charge on any atom is 0.272 e. The molecule has 2 heterocycles. The summed E-state index contributed by atoms with van der Waals surface area (Å²) in [5, 5.41) is 7.10. The SMILES string of the molecule is COc1cccc(-c2cc(C(=O)N3CCN(C(=O)CC(C)C)CC3)[nH]n2)c1. The number of nitrogens with zero attached hydrogens (tertiary/aromatic N) is 3. The van der Waals surface area contributed by atoms with Crippen LogP contribution in [0.4, 0.5) is 0 Å². The van der Waals surface area contributed by atoms with Crippen molar-refractivity contribution < 1.29 is 14.3 Å². The molecule has 0 bridgehead atoms. The van der Waals surface area contributed by atoms with Crippen molar-refractivity contribution in [3.8, 4) is 17.0 Å². The third-order valence-corrected chi connectivity index (χ3v) is 4.68. The summed E-state index contributed by atoms with van der Waals surface area (Å²) in [6.45, 7) is 6.31. The quantitative estimate of drug-likeness (QED) is 0.877. The molecule has 0 aliphatic carbocycles. The van der Waals surface area contributed by atoms with Gasteiger partial charge in [-0.15, -0.1) is 0 Å². The van der Waals surface area contributed by atoms with Gasteiger partial charge >= 0.3 is 0 Å². The van der Waals surface area contributed by atoms with Crippen LogP contribution in [-0.4, -0.2) is 65.1 Å². The van der Waals surface area contributed by atoms with Crippen LogP contribution in [-0.2, 0) is 4.79 Å². The number of carbonyl (C=O) groups is 2. The Balaban J connectivity index is 1.62. The molecule has 7 heteroatoms. The normalized spacial score (nSPS) is 14.5. The second kappa shape index (κ2) is 8.24. The molecule has 0 unspecified atom stereocenters. The Morgan fingerprint density at radius 2 is 1.85 bits per heavy atom. The summed E-state index contributed by atoms with van der Waals surface area (Å²) in [5.74, 6) is 1.16. The molecule has 2 amide bonds. The van der Waals surface area contributed by atoms with Gasteiger partial charge in [-0.25, -0.2) is 0 Å². The highest BCUT2D eigenvalue weighted by atomic mass is 16.5. The minimum Gasteiger partial charge on any atom is -0.497 e. The number of aromatic amines is 1. The van der Waals surface area contributed by atoms with Gasteiger partial charge in [-0.1, -0.05) is 26.0 Å². The fourth-order valence-electron chi connectivity index (χ4n) is 3.17. The molecule has 1 saturated heterocycles. The van der Waals surface area contributed by atoms with Gasteiger partial charge in [0.2, 0.25) is 5.91 Å². The number of carbonyl (C=O) groups excluding carboxylic acids is 2. The smallest absolute Gasteiger partial charge is 0.272 e. The highest BCUT2D eigenvalue weighted by Crippen LogP contribution is 2.23. The predicted octanol–water partition coefficient (Wildman–Crippen LogP) is 2.42. The Hall–Kier alpha value is -2.83. The van der Waals surface area contributed by atoms with E-state index in [0.29, 0.717) is 49.9 Å². The zero-order valence-corrected chi connectivity index (χ0v) is 16.1. The molecule has 1 aromatic heterocycles. The standard InChI is InChI=1S/C20H26N4O3/c1-14(2)11-19(25)23-7-9-24(10-8-23)20(26)18-13-17(21-22-18)15-5-4-6-16(12-15)27-3/h4-6,12-14H,7-11H2,1-3H3,(H,21,22). The molecule has 7 nitrogen and oxygen atoms in total. The number of benzene rings is 1. The predicted molar refractivity (Wildman–Crippen MR) is 103 cm³/mol. The van der Waals surface area contributed by atoms with E-state index in [1.165, 1.54) is 0 Å². The number of ether oxygens (including phenoxy) is 1. The Morgan fingerprint density at radius 1 is 1.15 bits per heavy atom. The topological polar surface area (TPSA) is 78.5 Å². The van der Waals surface area contributed by atoms with Crippen molar-refractivity contribution in [1.29, 1.82) is 0 Å². The average molecular weight is 370 g/mol. The van der Waals surface area contributed by atoms with E-state index in [-0.39, 0.29) is 11.8 Å². The van der Waals surface area contributed by atoms with Gasteiger partial charge in [0.15, 0.2) is 0 Å². The lowest BCUT2D eigenvalue weighted by Crippen LogP contribution is -2.50. The lowest BCUT2D eigenvalue weighted by molar-refractivity contribution is -0.133. The van der Waals surface area contributed by atoms with E-state index in [9.17, 15) is 9.59 Å². The van der Waals surface area contributed by atoms with E-state index in [1.54, 1.807) is 18.1 Å².